The maximum atomic E-state index is 14.2. The average Bonchev–Trinajstić information content (AvgIpc) is 2.95. The van der Waals surface area contributed by atoms with Gasteiger partial charge >= 0.3 is 0 Å². The summed E-state index contributed by atoms with van der Waals surface area (Å²) >= 11 is 0. The third-order valence-electron chi connectivity index (χ3n) is 6.83. The number of carbonyl (C=O) groups is 2. The minimum atomic E-state index is -4.12. The third-order valence-corrected chi connectivity index (χ3v) is 8.62. The van der Waals surface area contributed by atoms with E-state index in [1.54, 1.807) is 49.6 Å². The van der Waals surface area contributed by atoms with Crippen molar-refractivity contribution in [3.63, 3.8) is 0 Å². The number of methoxy groups -OCH3 is 1. The zero-order valence-electron chi connectivity index (χ0n) is 25.6. The van der Waals surface area contributed by atoms with Gasteiger partial charge in [0.25, 0.3) is 10.0 Å². The Balaban J connectivity index is 2.08. The zero-order chi connectivity index (χ0) is 31.1. The van der Waals surface area contributed by atoms with Gasteiger partial charge in [0.2, 0.25) is 11.8 Å². The summed E-state index contributed by atoms with van der Waals surface area (Å²) in [5.74, 6) is 0.0663. The number of rotatable bonds is 12. The SMILES string of the molecule is CC[C@H](C(=O)NC(C)(C)C)N(Cc1cccc(OC)c1)C(=O)CN(c1ccc(C(C)C)cc1)S(=O)(=O)c1ccccc1. The van der Waals surface area contributed by atoms with Crippen LogP contribution in [-0.2, 0) is 26.2 Å². The first-order valence-corrected chi connectivity index (χ1v) is 15.6. The van der Waals surface area contributed by atoms with E-state index in [-0.39, 0.29) is 23.3 Å². The number of ether oxygens (including phenoxy) is 1. The normalized spacial score (nSPS) is 12.5. The number of benzene rings is 3. The summed E-state index contributed by atoms with van der Waals surface area (Å²) in [5, 5.41) is 2.98. The molecule has 0 aliphatic heterocycles. The predicted octanol–water partition coefficient (Wildman–Crippen LogP) is 5.74. The molecule has 1 atom stereocenters. The molecular weight excluding hydrogens is 550 g/mol. The second-order valence-electron chi connectivity index (χ2n) is 11.6. The van der Waals surface area contributed by atoms with Crippen LogP contribution in [0.1, 0.15) is 65.0 Å². The first kappa shape index (κ1) is 32.7. The van der Waals surface area contributed by atoms with Crippen molar-refractivity contribution in [1.29, 1.82) is 0 Å². The number of nitrogens with one attached hydrogen (secondary N) is 1. The number of anilines is 1. The van der Waals surface area contributed by atoms with Crippen LogP contribution in [0, 0.1) is 0 Å². The Morgan fingerprint density at radius 2 is 1.57 bits per heavy atom. The van der Waals surface area contributed by atoms with Crippen molar-refractivity contribution in [2.75, 3.05) is 18.0 Å². The molecule has 3 aromatic rings. The van der Waals surface area contributed by atoms with Crippen molar-refractivity contribution in [2.45, 2.75) is 76.9 Å². The van der Waals surface area contributed by atoms with Gasteiger partial charge in [-0.3, -0.25) is 13.9 Å². The first-order valence-electron chi connectivity index (χ1n) is 14.2. The second kappa shape index (κ2) is 13.9. The van der Waals surface area contributed by atoms with Crippen LogP contribution >= 0.6 is 0 Å². The Hall–Kier alpha value is -3.85. The highest BCUT2D eigenvalue weighted by Crippen LogP contribution is 2.27. The van der Waals surface area contributed by atoms with Gasteiger partial charge in [0, 0.05) is 12.1 Å². The van der Waals surface area contributed by atoms with Crippen LogP contribution in [0.25, 0.3) is 0 Å². The lowest BCUT2D eigenvalue weighted by molar-refractivity contribution is -0.141. The topological polar surface area (TPSA) is 96.0 Å². The van der Waals surface area contributed by atoms with E-state index < -0.39 is 34.1 Å². The fourth-order valence-electron chi connectivity index (χ4n) is 4.61. The van der Waals surface area contributed by atoms with E-state index in [1.807, 2.05) is 52.0 Å². The molecule has 0 aliphatic rings. The van der Waals surface area contributed by atoms with Crippen molar-refractivity contribution in [3.8, 4) is 5.75 Å². The van der Waals surface area contributed by atoms with Gasteiger partial charge in [-0.15, -0.1) is 0 Å². The molecule has 0 radical (unpaired) electrons. The molecule has 8 nitrogen and oxygen atoms in total. The van der Waals surface area contributed by atoms with Crippen LogP contribution in [0.15, 0.2) is 83.8 Å². The van der Waals surface area contributed by atoms with E-state index in [9.17, 15) is 18.0 Å². The van der Waals surface area contributed by atoms with Gasteiger partial charge in [0.1, 0.15) is 18.3 Å². The second-order valence-corrected chi connectivity index (χ2v) is 13.5. The molecule has 2 amide bonds. The van der Waals surface area contributed by atoms with E-state index >= 15 is 0 Å². The molecule has 9 heteroatoms. The molecule has 226 valence electrons. The Bertz CT molecular complexity index is 1450. The van der Waals surface area contributed by atoms with Gasteiger partial charge in [0.05, 0.1) is 17.7 Å². The Morgan fingerprint density at radius 1 is 0.929 bits per heavy atom. The molecule has 1 N–H and O–H groups in total. The van der Waals surface area contributed by atoms with E-state index in [2.05, 4.69) is 19.2 Å². The molecular formula is C33H43N3O5S. The van der Waals surface area contributed by atoms with Crippen LogP contribution in [-0.4, -0.2) is 50.4 Å². The minimum Gasteiger partial charge on any atom is -0.497 e. The van der Waals surface area contributed by atoms with E-state index in [4.69, 9.17) is 4.74 Å². The molecule has 0 saturated carbocycles. The summed E-state index contributed by atoms with van der Waals surface area (Å²) < 4.78 is 34.4. The molecule has 42 heavy (non-hydrogen) atoms. The van der Waals surface area contributed by atoms with Crippen molar-refractivity contribution in [3.05, 3.63) is 90.0 Å². The molecule has 0 aliphatic carbocycles. The summed E-state index contributed by atoms with van der Waals surface area (Å²) in [6.45, 7) is 11.2. The fourth-order valence-corrected chi connectivity index (χ4v) is 6.05. The quantitative estimate of drug-likeness (QED) is 0.289. The van der Waals surface area contributed by atoms with Crippen LogP contribution in [0.5, 0.6) is 5.75 Å². The monoisotopic (exact) mass is 593 g/mol. The molecule has 3 aromatic carbocycles. The lowest BCUT2D eigenvalue weighted by Crippen LogP contribution is -2.55. The predicted molar refractivity (Wildman–Crippen MR) is 167 cm³/mol. The van der Waals surface area contributed by atoms with Gasteiger partial charge < -0.3 is 15.0 Å². The molecule has 0 fully saturated rings. The minimum absolute atomic E-state index is 0.0719. The average molecular weight is 594 g/mol. The summed E-state index contributed by atoms with van der Waals surface area (Å²) in [5.41, 5.74) is 1.65. The van der Waals surface area contributed by atoms with E-state index in [0.29, 0.717) is 17.9 Å². The van der Waals surface area contributed by atoms with Crippen molar-refractivity contribution < 1.29 is 22.7 Å². The number of hydrogen-bond donors (Lipinski definition) is 1. The largest absolute Gasteiger partial charge is 0.497 e. The van der Waals surface area contributed by atoms with Crippen molar-refractivity contribution in [2.24, 2.45) is 0 Å². The van der Waals surface area contributed by atoms with E-state index in [1.165, 1.54) is 17.0 Å². The van der Waals surface area contributed by atoms with Crippen LogP contribution in [0.3, 0.4) is 0 Å². The van der Waals surface area contributed by atoms with Gasteiger partial charge in [0.15, 0.2) is 0 Å². The molecule has 0 aromatic heterocycles. The lowest BCUT2D eigenvalue weighted by Gasteiger charge is -2.35. The van der Waals surface area contributed by atoms with Crippen LogP contribution in [0.4, 0.5) is 5.69 Å². The summed E-state index contributed by atoms with van der Waals surface area (Å²) in [7, 11) is -2.56. The summed E-state index contributed by atoms with van der Waals surface area (Å²) in [4.78, 5) is 29.2. The maximum Gasteiger partial charge on any atom is 0.264 e. The smallest absolute Gasteiger partial charge is 0.264 e. The summed E-state index contributed by atoms with van der Waals surface area (Å²) in [6, 6.07) is 21.7. The summed E-state index contributed by atoms with van der Waals surface area (Å²) in [6.07, 6.45) is 0.339. The highest BCUT2D eigenvalue weighted by atomic mass is 32.2. The number of carbonyl (C=O) groups excluding carboxylic acids is 2. The van der Waals surface area contributed by atoms with Gasteiger partial charge in [-0.05, 0) is 80.6 Å². The zero-order valence-corrected chi connectivity index (χ0v) is 26.4. The Kier molecular flexibility index (Phi) is 10.8. The number of nitrogens with zero attached hydrogens (tertiary/aromatic N) is 2. The van der Waals surface area contributed by atoms with Crippen LogP contribution in [0.2, 0.25) is 0 Å². The van der Waals surface area contributed by atoms with E-state index in [0.717, 1.165) is 15.4 Å². The highest BCUT2D eigenvalue weighted by molar-refractivity contribution is 7.92. The Labute approximate surface area is 250 Å². The number of hydrogen-bond acceptors (Lipinski definition) is 5. The number of amides is 2. The number of sulfonamides is 1. The Morgan fingerprint density at radius 3 is 2.12 bits per heavy atom. The molecule has 0 bridgehead atoms. The van der Waals surface area contributed by atoms with Crippen molar-refractivity contribution in [1.82, 2.24) is 10.2 Å². The van der Waals surface area contributed by atoms with Gasteiger partial charge in [-0.25, -0.2) is 8.42 Å². The van der Waals surface area contributed by atoms with Gasteiger partial charge in [-0.2, -0.15) is 0 Å². The molecule has 0 saturated heterocycles. The molecule has 0 heterocycles. The standard InChI is InChI=1S/C33H43N3O5S/c1-8-30(32(38)34-33(4,5)6)35(22-25-13-12-14-28(21-25)41-7)31(37)23-36(27-19-17-26(18-20-27)24(2)3)42(39,40)29-15-10-9-11-16-29/h9-21,24,30H,8,22-23H2,1-7H3,(H,34,38)/t30-/m1/s1. The molecule has 0 spiro atoms. The van der Waals surface area contributed by atoms with Gasteiger partial charge in [-0.1, -0.05) is 63.2 Å². The third kappa shape index (κ3) is 8.35. The maximum absolute atomic E-state index is 14.2. The van der Waals surface area contributed by atoms with Crippen LogP contribution < -0.4 is 14.4 Å². The van der Waals surface area contributed by atoms with Crippen molar-refractivity contribution >= 4 is 27.5 Å². The first-order chi connectivity index (χ1) is 19.8. The molecule has 0 unspecified atom stereocenters. The fraction of sp³-hybridized carbons (Fsp3) is 0.394. The molecule has 3 rings (SSSR count). The highest BCUT2D eigenvalue weighted by Gasteiger charge is 2.34. The lowest BCUT2D eigenvalue weighted by atomic mass is 10.0.